The van der Waals surface area contributed by atoms with Crippen LogP contribution in [0.1, 0.15) is 44.8 Å². The van der Waals surface area contributed by atoms with E-state index in [9.17, 15) is 5.11 Å². The van der Waals surface area contributed by atoms with Gasteiger partial charge in [0.1, 0.15) is 5.75 Å². The number of benzene rings is 1. The van der Waals surface area contributed by atoms with E-state index in [4.69, 9.17) is 4.74 Å². The topological polar surface area (TPSA) is 45.6 Å². The van der Waals surface area contributed by atoms with Crippen LogP contribution in [0.3, 0.4) is 0 Å². The molecule has 0 radical (unpaired) electrons. The van der Waals surface area contributed by atoms with Crippen molar-refractivity contribution in [1.82, 2.24) is 9.88 Å². The molecular weight excluding hydrogens is 312 g/mol. The number of pyridine rings is 1. The van der Waals surface area contributed by atoms with Gasteiger partial charge in [0.15, 0.2) is 0 Å². The van der Waals surface area contributed by atoms with Crippen molar-refractivity contribution in [2.75, 3.05) is 19.7 Å². The molecule has 0 aliphatic carbocycles. The van der Waals surface area contributed by atoms with Crippen molar-refractivity contribution in [3.05, 3.63) is 36.0 Å². The quantitative estimate of drug-likeness (QED) is 0.899. The predicted molar refractivity (Wildman–Crippen MR) is 99.7 cm³/mol. The summed E-state index contributed by atoms with van der Waals surface area (Å²) in [7, 11) is 0. The normalized spacial score (nSPS) is 29.7. The number of nitrogens with zero attached hydrogens (tertiary/aromatic N) is 2. The van der Waals surface area contributed by atoms with Gasteiger partial charge in [-0.3, -0.25) is 9.88 Å². The maximum Gasteiger partial charge on any atom is 0.120 e. The predicted octanol–water partition coefficient (Wildman–Crippen LogP) is 3.79. The van der Waals surface area contributed by atoms with Crippen LogP contribution in [0.15, 0.2) is 30.5 Å². The van der Waals surface area contributed by atoms with Crippen LogP contribution in [0.5, 0.6) is 5.75 Å². The van der Waals surface area contributed by atoms with Gasteiger partial charge in [0.05, 0.1) is 18.2 Å². The third-order valence-corrected chi connectivity index (χ3v) is 6.20. The van der Waals surface area contributed by atoms with Crippen LogP contribution in [0.2, 0.25) is 0 Å². The second kappa shape index (κ2) is 6.93. The average Bonchev–Trinajstić information content (AvgIpc) is 2.67. The maximum absolute atomic E-state index is 11.2. The molecule has 1 aromatic heterocycles. The third-order valence-electron chi connectivity index (χ3n) is 6.20. The van der Waals surface area contributed by atoms with Gasteiger partial charge in [-0.2, -0.15) is 0 Å². The van der Waals surface area contributed by atoms with Gasteiger partial charge in [0.2, 0.25) is 0 Å². The number of piperidine rings is 3. The Balaban J connectivity index is 1.66. The number of aliphatic hydroxyl groups excluding tert-OH is 1. The van der Waals surface area contributed by atoms with E-state index in [0.717, 1.165) is 53.6 Å². The van der Waals surface area contributed by atoms with E-state index in [1.807, 2.05) is 37.4 Å². The molecule has 3 aliphatic heterocycles. The molecule has 25 heavy (non-hydrogen) atoms. The number of fused-ring (bicyclic) bond motifs is 4. The summed E-state index contributed by atoms with van der Waals surface area (Å²) in [5.41, 5.74) is 1.90. The van der Waals surface area contributed by atoms with Crippen LogP contribution in [0.4, 0.5) is 0 Å². The highest BCUT2D eigenvalue weighted by atomic mass is 16.5. The molecule has 4 heterocycles. The van der Waals surface area contributed by atoms with Crippen molar-refractivity contribution in [3.8, 4) is 5.75 Å². The van der Waals surface area contributed by atoms with Gasteiger partial charge in [-0.25, -0.2) is 0 Å². The van der Waals surface area contributed by atoms with Crippen molar-refractivity contribution >= 4 is 10.9 Å². The Kier molecular flexibility index (Phi) is 4.65. The Bertz CT molecular complexity index is 748. The van der Waals surface area contributed by atoms with E-state index in [2.05, 4.69) is 16.8 Å². The SMILES string of the molecule is CCOc1ccc2nccc([C@H](O)[C@@H]3C[C@H]4CCN3C[C@@H]4CC)c2c1. The summed E-state index contributed by atoms with van der Waals surface area (Å²) >= 11 is 0. The van der Waals surface area contributed by atoms with Crippen molar-refractivity contribution in [2.24, 2.45) is 11.8 Å². The van der Waals surface area contributed by atoms with Crippen molar-refractivity contribution in [1.29, 1.82) is 0 Å². The smallest absolute Gasteiger partial charge is 0.120 e. The summed E-state index contributed by atoms with van der Waals surface area (Å²) in [4.78, 5) is 6.98. The summed E-state index contributed by atoms with van der Waals surface area (Å²) < 4.78 is 5.65. The van der Waals surface area contributed by atoms with Gasteiger partial charge in [0.25, 0.3) is 0 Å². The highest BCUT2D eigenvalue weighted by Gasteiger charge is 2.42. The van der Waals surface area contributed by atoms with Gasteiger partial charge in [-0.1, -0.05) is 13.3 Å². The summed E-state index contributed by atoms with van der Waals surface area (Å²) in [6.45, 7) is 7.18. The standard InChI is InChI=1S/C21H28N2O2/c1-3-14-13-23-10-8-15(14)11-20(23)21(24)17-7-9-22-19-6-5-16(25-4-2)12-18(17)19/h5-7,9,12,14-15,20-21,24H,3-4,8,10-11,13H2,1-2H3/t14-,15+,20-,21-/m0/s1. The zero-order valence-corrected chi connectivity index (χ0v) is 15.2. The molecule has 0 saturated carbocycles. The molecule has 2 bridgehead atoms. The first-order valence-electron chi connectivity index (χ1n) is 9.64. The van der Waals surface area contributed by atoms with Crippen LogP contribution in [0, 0.1) is 11.8 Å². The molecule has 0 spiro atoms. The van der Waals surface area contributed by atoms with E-state index in [0.29, 0.717) is 6.61 Å². The highest BCUT2D eigenvalue weighted by molar-refractivity contribution is 5.83. The molecule has 1 unspecified atom stereocenters. The molecule has 3 saturated heterocycles. The molecule has 3 fully saturated rings. The second-order valence-electron chi connectivity index (χ2n) is 7.47. The van der Waals surface area contributed by atoms with E-state index in [1.165, 1.54) is 12.8 Å². The van der Waals surface area contributed by atoms with Gasteiger partial charge in [-0.15, -0.1) is 0 Å². The lowest BCUT2D eigenvalue weighted by molar-refractivity contribution is -0.0562. The molecule has 3 aliphatic rings. The lowest BCUT2D eigenvalue weighted by Crippen LogP contribution is -2.55. The zero-order valence-electron chi connectivity index (χ0n) is 15.2. The van der Waals surface area contributed by atoms with Gasteiger partial charge in [0, 0.05) is 24.2 Å². The number of aromatic nitrogens is 1. The fourth-order valence-electron chi connectivity index (χ4n) is 4.84. The number of ether oxygens (including phenoxy) is 1. The fraction of sp³-hybridized carbons (Fsp3) is 0.571. The fourth-order valence-corrected chi connectivity index (χ4v) is 4.84. The number of hydrogen-bond acceptors (Lipinski definition) is 4. The van der Waals surface area contributed by atoms with Crippen LogP contribution in [0.25, 0.3) is 10.9 Å². The molecule has 1 aromatic carbocycles. The van der Waals surface area contributed by atoms with E-state index >= 15 is 0 Å². The van der Waals surface area contributed by atoms with E-state index in [1.54, 1.807) is 0 Å². The second-order valence-corrected chi connectivity index (χ2v) is 7.47. The monoisotopic (exact) mass is 340 g/mol. The molecule has 134 valence electrons. The highest BCUT2D eigenvalue weighted by Crippen LogP contribution is 2.42. The minimum atomic E-state index is -0.469. The van der Waals surface area contributed by atoms with Crippen molar-refractivity contribution in [3.63, 3.8) is 0 Å². The first-order valence-corrected chi connectivity index (χ1v) is 9.64. The lowest BCUT2D eigenvalue weighted by Gasteiger charge is -2.51. The Hall–Kier alpha value is -1.65. The molecule has 1 N–H and O–H groups in total. The van der Waals surface area contributed by atoms with Gasteiger partial charge >= 0.3 is 0 Å². The molecule has 2 aromatic rings. The van der Waals surface area contributed by atoms with Crippen LogP contribution >= 0.6 is 0 Å². The Morgan fingerprint density at radius 1 is 1.32 bits per heavy atom. The van der Waals surface area contributed by atoms with E-state index in [-0.39, 0.29) is 6.04 Å². The van der Waals surface area contributed by atoms with Crippen LogP contribution in [-0.2, 0) is 0 Å². The zero-order chi connectivity index (χ0) is 17.4. The lowest BCUT2D eigenvalue weighted by atomic mass is 9.72. The minimum Gasteiger partial charge on any atom is -0.494 e. The van der Waals surface area contributed by atoms with Crippen molar-refractivity contribution < 1.29 is 9.84 Å². The molecular formula is C21H28N2O2. The van der Waals surface area contributed by atoms with Crippen LogP contribution in [-0.4, -0.2) is 40.7 Å². The third kappa shape index (κ3) is 3.02. The summed E-state index contributed by atoms with van der Waals surface area (Å²) in [5.74, 6) is 2.41. The minimum absolute atomic E-state index is 0.225. The van der Waals surface area contributed by atoms with Crippen LogP contribution < -0.4 is 4.74 Å². The van der Waals surface area contributed by atoms with Gasteiger partial charge < -0.3 is 9.84 Å². The van der Waals surface area contributed by atoms with Crippen molar-refractivity contribution in [2.45, 2.75) is 45.3 Å². The Labute approximate surface area is 149 Å². The summed E-state index contributed by atoms with van der Waals surface area (Å²) in [6.07, 6.45) is 4.98. The number of hydrogen-bond donors (Lipinski definition) is 1. The molecule has 5 rings (SSSR count). The molecule has 4 heteroatoms. The Morgan fingerprint density at radius 3 is 2.92 bits per heavy atom. The first-order chi connectivity index (χ1) is 12.2. The Morgan fingerprint density at radius 2 is 2.20 bits per heavy atom. The summed E-state index contributed by atoms with van der Waals surface area (Å²) in [6, 6.07) is 8.16. The van der Waals surface area contributed by atoms with Gasteiger partial charge in [-0.05, 0) is 68.0 Å². The first kappa shape index (κ1) is 16.8. The molecule has 5 atom stereocenters. The number of rotatable bonds is 5. The van der Waals surface area contributed by atoms with E-state index < -0.39 is 6.10 Å². The summed E-state index contributed by atoms with van der Waals surface area (Å²) in [5, 5.41) is 12.2. The number of aliphatic hydroxyl groups is 1. The molecule has 4 nitrogen and oxygen atoms in total. The molecule has 0 amide bonds. The average molecular weight is 340 g/mol. The largest absolute Gasteiger partial charge is 0.494 e. The maximum atomic E-state index is 11.2.